The molecule has 1 unspecified atom stereocenters. The van der Waals surface area contributed by atoms with Crippen molar-refractivity contribution >= 4 is 46.8 Å². The van der Waals surface area contributed by atoms with Gasteiger partial charge in [-0.2, -0.15) is 5.26 Å². The molecule has 5 rings (SSSR count). The lowest BCUT2D eigenvalue weighted by Crippen LogP contribution is -2.53. The summed E-state index contributed by atoms with van der Waals surface area (Å²) in [6.07, 6.45) is 1.30. The molecule has 3 amide bonds. The number of likely N-dealkylation sites (tertiary alicyclic amines) is 1. The summed E-state index contributed by atoms with van der Waals surface area (Å²) in [5, 5.41) is 22.0. The summed E-state index contributed by atoms with van der Waals surface area (Å²) in [4.78, 5) is 46.0. The van der Waals surface area contributed by atoms with E-state index in [2.05, 4.69) is 16.4 Å². The first-order valence-electron chi connectivity index (χ1n) is 11.7. The second-order valence-corrected chi connectivity index (χ2v) is 10.2. The van der Waals surface area contributed by atoms with E-state index < -0.39 is 29.4 Å². The van der Waals surface area contributed by atoms with E-state index >= 15 is 0 Å². The molecule has 0 aliphatic carbocycles. The number of halogens is 2. The van der Waals surface area contributed by atoms with E-state index in [9.17, 15) is 24.8 Å². The maximum atomic E-state index is 14.1. The Balaban J connectivity index is 1.54. The van der Waals surface area contributed by atoms with Gasteiger partial charge in [-0.05, 0) is 55.0 Å². The summed E-state index contributed by atoms with van der Waals surface area (Å²) >= 11 is 12.3. The quantitative estimate of drug-likeness (QED) is 0.444. The summed E-state index contributed by atoms with van der Waals surface area (Å²) in [7, 11) is 0. The Kier molecular flexibility index (Phi) is 6.57. The van der Waals surface area contributed by atoms with Gasteiger partial charge in [-0.3, -0.25) is 14.7 Å². The summed E-state index contributed by atoms with van der Waals surface area (Å²) in [5.41, 5.74) is 0.912. The number of rotatable bonds is 5. The Morgan fingerprint density at radius 2 is 1.84 bits per heavy atom. The molecule has 0 saturated carbocycles. The number of hydrogen-bond acceptors (Lipinski definition) is 6. The van der Waals surface area contributed by atoms with Gasteiger partial charge in [0.2, 0.25) is 0 Å². The molecule has 9 nitrogen and oxygen atoms in total. The molecule has 2 aliphatic rings. The fraction of sp³-hybridized carbons (Fsp3) is 0.222. The summed E-state index contributed by atoms with van der Waals surface area (Å²) < 4.78 is 0. The highest BCUT2D eigenvalue weighted by Gasteiger charge is 2.61. The van der Waals surface area contributed by atoms with Crippen LogP contribution in [0.15, 0.2) is 60.8 Å². The fourth-order valence-corrected chi connectivity index (χ4v) is 5.68. The monoisotopic (exact) mass is 549 g/mol. The maximum absolute atomic E-state index is 14.1. The third-order valence-corrected chi connectivity index (χ3v) is 7.58. The molecule has 0 bridgehead atoms. The highest BCUT2D eigenvalue weighted by atomic mass is 35.5. The number of nitrogens with zero attached hydrogens (tertiary/aromatic N) is 4. The summed E-state index contributed by atoms with van der Waals surface area (Å²) in [5.74, 6) is -1.97. The van der Waals surface area contributed by atoms with Gasteiger partial charge >= 0.3 is 12.0 Å². The van der Waals surface area contributed by atoms with Gasteiger partial charge < -0.3 is 10.4 Å². The molecule has 3 atom stereocenters. The SMILES string of the molecule is C[C@@H](c1ccc(C(=O)O)cn1)N1C[C@@H](c2ccc(C#N)cc2)C2(C1)NC(=O)N(c1cc(Cl)cc(Cl)c1)C2=O. The number of aromatic carboxylic acids is 1. The molecule has 3 aromatic rings. The van der Waals surface area contributed by atoms with Crippen LogP contribution in [0.2, 0.25) is 10.0 Å². The molecular formula is C27H21Cl2N5O4. The highest BCUT2D eigenvalue weighted by molar-refractivity contribution is 6.35. The first-order valence-corrected chi connectivity index (χ1v) is 12.4. The minimum atomic E-state index is -1.31. The number of carboxylic acid groups (broad SMARTS) is 1. The van der Waals surface area contributed by atoms with E-state index in [0.717, 1.165) is 10.5 Å². The van der Waals surface area contributed by atoms with Crippen LogP contribution in [-0.4, -0.2) is 51.5 Å². The summed E-state index contributed by atoms with van der Waals surface area (Å²) in [6, 6.07) is 15.8. The topological polar surface area (TPSA) is 127 Å². The number of amides is 3. The van der Waals surface area contributed by atoms with Crippen LogP contribution in [-0.2, 0) is 4.79 Å². The van der Waals surface area contributed by atoms with Crippen LogP contribution in [0.25, 0.3) is 0 Å². The van der Waals surface area contributed by atoms with Crippen molar-refractivity contribution in [2.75, 3.05) is 18.0 Å². The van der Waals surface area contributed by atoms with Crippen molar-refractivity contribution in [3.05, 3.63) is 93.2 Å². The fourth-order valence-electron chi connectivity index (χ4n) is 5.16. The summed E-state index contributed by atoms with van der Waals surface area (Å²) in [6.45, 7) is 2.48. The molecular weight excluding hydrogens is 529 g/mol. The number of nitrogens with one attached hydrogen (secondary N) is 1. The number of aromatic nitrogens is 1. The van der Waals surface area contributed by atoms with Gasteiger partial charge in [-0.15, -0.1) is 0 Å². The average Bonchev–Trinajstić information content (AvgIpc) is 3.39. The largest absolute Gasteiger partial charge is 0.478 e. The molecule has 3 heterocycles. The lowest BCUT2D eigenvalue weighted by atomic mass is 9.81. The van der Waals surface area contributed by atoms with Crippen molar-refractivity contribution < 1.29 is 19.5 Å². The molecule has 38 heavy (non-hydrogen) atoms. The molecule has 192 valence electrons. The smallest absolute Gasteiger partial charge is 0.337 e. The van der Waals surface area contributed by atoms with Crippen molar-refractivity contribution in [1.82, 2.24) is 15.2 Å². The highest BCUT2D eigenvalue weighted by Crippen LogP contribution is 2.44. The van der Waals surface area contributed by atoms with E-state index in [4.69, 9.17) is 23.2 Å². The zero-order valence-corrected chi connectivity index (χ0v) is 21.6. The minimum absolute atomic E-state index is 0.0726. The molecule has 2 fully saturated rings. The number of carbonyl (C=O) groups is 3. The minimum Gasteiger partial charge on any atom is -0.478 e. The number of nitriles is 1. The lowest BCUT2D eigenvalue weighted by molar-refractivity contribution is -0.122. The molecule has 11 heteroatoms. The van der Waals surface area contributed by atoms with Crippen LogP contribution in [0.4, 0.5) is 10.5 Å². The Bertz CT molecular complexity index is 1470. The van der Waals surface area contributed by atoms with Gasteiger partial charge in [0.1, 0.15) is 5.54 Å². The predicted octanol–water partition coefficient (Wildman–Crippen LogP) is 4.61. The average molecular weight is 550 g/mol. The van der Waals surface area contributed by atoms with Crippen LogP contribution in [0.1, 0.15) is 46.1 Å². The van der Waals surface area contributed by atoms with E-state index in [1.54, 1.807) is 30.3 Å². The molecule has 2 aliphatic heterocycles. The number of carboxylic acids is 1. The number of hydrogen-bond donors (Lipinski definition) is 2. The Hall–Kier alpha value is -3.97. The third kappa shape index (κ3) is 4.37. The Morgan fingerprint density at radius 1 is 1.16 bits per heavy atom. The van der Waals surface area contributed by atoms with Crippen LogP contribution < -0.4 is 10.2 Å². The maximum Gasteiger partial charge on any atom is 0.337 e. The van der Waals surface area contributed by atoms with Crippen LogP contribution >= 0.6 is 23.2 Å². The molecule has 1 aromatic heterocycles. The molecule has 2 saturated heterocycles. The first-order chi connectivity index (χ1) is 18.1. The van der Waals surface area contributed by atoms with E-state index in [0.29, 0.717) is 17.8 Å². The van der Waals surface area contributed by atoms with E-state index in [-0.39, 0.29) is 33.9 Å². The van der Waals surface area contributed by atoms with Crippen molar-refractivity contribution in [2.45, 2.75) is 24.4 Å². The number of anilines is 1. The van der Waals surface area contributed by atoms with Crippen LogP contribution in [0.5, 0.6) is 0 Å². The van der Waals surface area contributed by atoms with E-state index in [1.807, 2.05) is 11.8 Å². The standard InChI is InChI=1S/C27H21Cl2N5O4/c1-15(23-7-6-18(12-31-23)24(35)36)33-13-22(17-4-2-16(11-30)3-5-17)27(14-33)25(37)34(26(38)32-27)21-9-19(28)8-20(29)10-21/h2-10,12,15,22H,13-14H2,1H3,(H,32,38)(H,35,36)/t15-,22-,27?/m0/s1. The van der Waals surface area contributed by atoms with Gasteiger partial charge in [0.25, 0.3) is 5.91 Å². The van der Waals surface area contributed by atoms with Crippen molar-refractivity contribution in [3.63, 3.8) is 0 Å². The van der Waals surface area contributed by atoms with Gasteiger partial charge in [0, 0.05) is 41.3 Å². The molecule has 2 aromatic carbocycles. The molecule has 1 spiro atoms. The number of benzene rings is 2. The normalized spacial score (nSPS) is 21.9. The van der Waals surface area contributed by atoms with Crippen LogP contribution in [0.3, 0.4) is 0 Å². The Labute approximate surface area is 228 Å². The lowest BCUT2D eigenvalue weighted by Gasteiger charge is -2.28. The number of urea groups is 1. The predicted molar refractivity (Wildman–Crippen MR) is 140 cm³/mol. The zero-order valence-electron chi connectivity index (χ0n) is 20.1. The van der Waals surface area contributed by atoms with Gasteiger partial charge in [0.15, 0.2) is 0 Å². The third-order valence-electron chi connectivity index (χ3n) is 7.14. The number of pyridine rings is 1. The second kappa shape index (κ2) is 9.72. The van der Waals surface area contributed by atoms with Gasteiger partial charge in [0.05, 0.1) is 28.6 Å². The Morgan fingerprint density at radius 3 is 2.42 bits per heavy atom. The van der Waals surface area contributed by atoms with Gasteiger partial charge in [-0.1, -0.05) is 35.3 Å². The number of imide groups is 1. The van der Waals surface area contributed by atoms with Crippen molar-refractivity contribution in [2.24, 2.45) is 0 Å². The number of carbonyl (C=O) groups excluding carboxylic acids is 2. The van der Waals surface area contributed by atoms with Crippen LogP contribution in [0, 0.1) is 11.3 Å². The van der Waals surface area contributed by atoms with Crippen molar-refractivity contribution in [1.29, 1.82) is 5.26 Å². The second-order valence-electron chi connectivity index (χ2n) is 9.34. The zero-order chi connectivity index (χ0) is 27.2. The van der Waals surface area contributed by atoms with Crippen molar-refractivity contribution in [3.8, 4) is 6.07 Å². The van der Waals surface area contributed by atoms with E-state index in [1.165, 1.54) is 30.5 Å². The molecule has 0 radical (unpaired) electrons. The molecule has 2 N–H and O–H groups in total. The van der Waals surface area contributed by atoms with Gasteiger partial charge in [-0.25, -0.2) is 14.5 Å². The first kappa shape index (κ1) is 25.7.